The molecule has 0 saturated carbocycles. The van der Waals surface area contributed by atoms with E-state index in [4.69, 9.17) is 9.94 Å². The van der Waals surface area contributed by atoms with Crippen LogP contribution in [0.15, 0.2) is 36.6 Å². The zero-order valence-corrected chi connectivity index (χ0v) is 17.6. The largest absolute Gasteiger partial charge is 0.492 e. The lowest BCUT2D eigenvalue weighted by atomic mass is 9.81. The molecule has 168 valence electrons. The van der Waals surface area contributed by atoms with E-state index in [1.54, 1.807) is 29.7 Å². The van der Waals surface area contributed by atoms with E-state index in [2.05, 4.69) is 15.6 Å². The van der Waals surface area contributed by atoms with E-state index in [1.807, 2.05) is 6.08 Å². The van der Waals surface area contributed by atoms with E-state index >= 15 is 0 Å². The van der Waals surface area contributed by atoms with Gasteiger partial charge < -0.3 is 20.4 Å². The van der Waals surface area contributed by atoms with Gasteiger partial charge in [0.2, 0.25) is 5.91 Å². The molecule has 9 nitrogen and oxygen atoms in total. The quantitative estimate of drug-likeness (QED) is 0.363. The number of fused-ring (bicyclic) bond motifs is 4. The maximum Gasteiger partial charge on any atom is 0.262 e. The highest BCUT2D eigenvalue weighted by Gasteiger charge is 2.32. The molecule has 1 aliphatic heterocycles. The standard InChI is InChI=1S/C23H26N4O5/c28-19(27-31)12-14-6-5-10-17-21(14)22-18(24-17)9-3-4-11-32-13-20(29)25-15-7-1-2-8-16(15)26-23(22)30/h1-2,4,7-8,11,14,24,31H,3,5-6,9-10,12-13H2,(H,25,29)(H,26,30)(H,27,28)/b11-4-/t14-/m0/s1. The van der Waals surface area contributed by atoms with Crippen molar-refractivity contribution >= 4 is 29.1 Å². The van der Waals surface area contributed by atoms with Gasteiger partial charge >= 0.3 is 0 Å². The summed E-state index contributed by atoms with van der Waals surface area (Å²) in [6, 6.07) is 6.96. The Morgan fingerprint density at radius 1 is 1.12 bits per heavy atom. The van der Waals surface area contributed by atoms with Crippen LogP contribution in [-0.2, 0) is 27.2 Å². The molecule has 2 heterocycles. The summed E-state index contributed by atoms with van der Waals surface area (Å²) in [7, 11) is 0. The van der Waals surface area contributed by atoms with Gasteiger partial charge in [0.25, 0.3) is 11.8 Å². The fourth-order valence-corrected chi connectivity index (χ4v) is 4.42. The molecule has 0 radical (unpaired) electrons. The number of rotatable bonds is 2. The lowest BCUT2D eigenvalue weighted by Crippen LogP contribution is -2.25. The number of hydrogen-bond acceptors (Lipinski definition) is 5. The maximum atomic E-state index is 13.5. The lowest BCUT2D eigenvalue weighted by Gasteiger charge is -2.23. The van der Waals surface area contributed by atoms with Crippen molar-refractivity contribution in [1.29, 1.82) is 0 Å². The average Bonchev–Trinajstić information content (AvgIpc) is 3.16. The Bertz CT molecular complexity index is 1060. The molecule has 0 bridgehead atoms. The number of amides is 3. The Morgan fingerprint density at radius 2 is 1.91 bits per heavy atom. The van der Waals surface area contributed by atoms with Gasteiger partial charge in [-0.15, -0.1) is 0 Å². The Morgan fingerprint density at radius 3 is 2.69 bits per heavy atom. The molecule has 2 aliphatic rings. The average molecular weight is 438 g/mol. The number of aryl methyl sites for hydroxylation is 2. The van der Waals surface area contributed by atoms with Gasteiger partial charge in [-0.05, 0) is 61.8 Å². The summed E-state index contributed by atoms with van der Waals surface area (Å²) in [5, 5.41) is 14.7. The molecule has 3 amide bonds. The molecule has 4 rings (SSSR count). The smallest absolute Gasteiger partial charge is 0.262 e. The summed E-state index contributed by atoms with van der Waals surface area (Å²) in [5.74, 6) is -1.28. The third kappa shape index (κ3) is 4.67. The first-order chi connectivity index (χ1) is 15.6. The SMILES string of the molecule is O=C(C[C@@H]1CCCc2[nH]c3c(c21)C(=O)Nc1ccccc1NC(=O)CO/C=C\CC3)NO. The normalized spacial score (nSPS) is 19.7. The molecule has 2 aromatic rings. The van der Waals surface area contributed by atoms with Crippen molar-refractivity contribution in [1.82, 2.24) is 10.5 Å². The second-order valence-corrected chi connectivity index (χ2v) is 7.97. The third-order valence-corrected chi connectivity index (χ3v) is 5.79. The van der Waals surface area contributed by atoms with Crippen LogP contribution < -0.4 is 16.1 Å². The molecule has 32 heavy (non-hydrogen) atoms. The number of aromatic nitrogens is 1. The summed E-state index contributed by atoms with van der Waals surface area (Å²) in [6.07, 6.45) is 7.01. The fourth-order valence-electron chi connectivity index (χ4n) is 4.42. The molecule has 1 aromatic carbocycles. The molecular formula is C23H26N4O5. The van der Waals surface area contributed by atoms with Crippen molar-refractivity contribution in [3.05, 3.63) is 59.1 Å². The Labute approximate surface area is 185 Å². The molecule has 0 fully saturated rings. The van der Waals surface area contributed by atoms with Crippen molar-refractivity contribution in [3.8, 4) is 0 Å². The van der Waals surface area contributed by atoms with Crippen LogP contribution in [-0.4, -0.2) is 34.5 Å². The number of carbonyl (C=O) groups is 3. The minimum absolute atomic E-state index is 0.0987. The second-order valence-electron chi connectivity index (χ2n) is 7.97. The summed E-state index contributed by atoms with van der Waals surface area (Å²) in [5.41, 5.74) is 5.76. The summed E-state index contributed by atoms with van der Waals surface area (Å²) in [4.78, 5) is 41.0. The van der Waals surface area contributed by atoms with E-state index in [0.717, 1.165) is 36.2 Å². The van der Waals surface area contributed by atoms with Gasteiger partial charge in [-0.3, -0.25) is 19.6 Å². The number of ether oxygens (including phenoxy) is 1. The minimum atomic E-state index is -0.479. The number of hydrogen-bond donors (Lipinski definition) is 5. The van der Waals surface area contributed by atoms with E-state index in [9.17, 15) is 14.4 Å². The highest BCUT2D eigenvalue weighted by Crippen LogP contribution is 2.39. The van der Waals surface area contributed by atoms with Crippen LogP contribution >= 0.6 is 0 Å². The topological polar surface area (TPSA) is 133 Å². The van der Waals surface area contributed by atoms with Gasteiger partial charge in [-0.25, -0.2) is 5.48 Å². The second kappa shape index (κ2) is 9.69. The minimum Gasteiger partial charge on any atom is -0.492 e. The highest BCUT2D eigenvalue weighted by atomic mass is 16.5. The van der Waals surface area contributed by atoms with Crippen LogP contribution in [0.2, 0.25) is 0 Å². The zero-order chi connectivity index (χ0) is 22.5. The van der Waals surface area contributed by atoms with Gasteiger partial charge in [-0.2, -0.15) is 0 Å². The van der Waals surface area contributed by atoms with E-state index < -0.39 is 5.91 Å². The first-order valence-electron chi connectivity index (χ1n) is 10.7. The van der Waals surface area contributed by atoms with Crippen LogP contribution in [0.4, 0.5) is 11.4 Å². The number of aromatic amines is 1. The Balaban J connectivity index is 1.76. The van der Waals surface area contributed by atoms with E-state index in [-0.39, 0.29) is 30.8 Å². The van der Waals surface area contributed by atoms with Crippen LogP contribution in [0.5, 0.6) is 0 Å². The number of H-pyrrole nitrogens is 1. The number of nitrogens with one attached hydrogen (secondary N) is 4. The van der Waals surface area contributed by atoms with Gasteiger partial charge in [-0.1, -0.05) is 12.1 Å². The molecule has 1 aromatic heterocycles. The molecule has 9 heteroatoms. The zero-order valence-electron chi connectivity index (χ0n) is 17.6. The molecule has 0 spiro atoms. The molecule has 0 unspecified atom stereocenters. The van der Waals surface area contributed by atoms with Crippen molar-refractivity contribution in [2.24, 2.45) is 0 Å². The monoisotopic (exact) mass is 438 g/mol. The van der Waals surface area contributed by atoms with E-state index in [1.165, 1.54) is 6.26 Å². The van der Waals surface area contributed by atoms with Crippen molar-refractivity contribution in [2.45, 2.75) is 44.4 Å². The van der Waals surface area contributed by atoms with Crippen molar-refractivity contribution in [3.63, 3.8) is 0 Å². The van der Waals surface area contributed by atoms with Crippen LogP contribution in [0.1, 0.15) is 58.9 Å². The summed E-state index contributed by atoms with van der Waals surface area (Å²) >= 11 is 0. The highest BCUT2D eigenvalue weighted by molar-refractivity contribution is 6.09. The number of hydroxylamine groups is 1. The Kier molecular flexibility index (Phi) is 6.55. The molecular weight excluding hydrogens is 412 g/mol. The van der Waals surface area contributed by atoms with Crippen LogP contribution in [0.25, 0.3) is 0 Å². The van der Waals surface area contributed by atoms with Gasteiger partial charge in [0.1, 0.15) is 0 Å². The van der Waals surface area contributed by atoms with Crippen molar-refractivity contribution < 1.29 is 24.3 Å². The van der Waals surface area contributed by atoms with Crippen LogP contribution in [0, 0.1) is 0 Å². The number of allylic oxidation sites excluding steroid dienone is 1. The Hall–Kier alpha value is -3.59. The molecule has 1 atom stereocenters. The molecule has 1 aliphatic carbocycles. The number of benzene rings is 1. The first-order valence-corrected chi connectivity index (χ1v) is 10.7. The predicted molar refractivity (Wildman–Crippen MR) is 117 cm³/mol. The number of anilines is 2. The third-order valence-electron chi connectivity index (χ3n) is 5.79. The van der Waals surface area contributed by atoms with Gasteiger partial charge in [0.15, 0.2) is 6.61 Å². The summed E-state index contributed by atoms with van der Waals surface area (Å²) < 4.78 is 5.31. The number of para-hydroxylation sites is 2. The van der Waals surface area contributed by atoms with Crippen molar-refractivity contribution in [2.75, 3.05) is 17.2 Å². The predicted octanol–water partition coefficient (Wildman–Crippen LogP) is 3.00. The molecule has 5 N–H and O–H groups in total. The van der Waals surface area contributed by atoms with Gasteiger partial charge in [0, 0.05) is 17.8 Å². The van der Waals surface area contributed by atoms with Gasteiger partial charge in [0.05, 0.1) is 23.2 Å². The first kappa shape index (κ1) is 21.6. The lowest BCUT2D eigenvalue weighted by molar-refractivity contribution is -0.129. The maximum absolute atomic E-state index is 13.5. The fraction of sp³-hybridized carbons (Fsp3) is 0.348. The molecule has 0 saturated heterocycles. The van der Waals surface area contributed by atoms with Crippen LogP contribution in [0.3, 0.4) is 0 Å². The summed E-state index contributed by atoms with van der Waals surface area (Å²) in [6.45, 7) is -0.130. The van der Waals surface area contributed by atoms with E-state index in [0.29, 0.717) is 29.8 Å². The number of carbonyl (C=O) groups excluding carboxylic acids is 3.